The average Bonchev–Trinajstić information content (AvgIpc) is 2.58. The smallest absolute Gasteiger partial charge is 0.154 e. The van der Waals surface area contributed by atoms with E-state index >= 15 is 0 Å². The van der Waals surface area contributed by atoms with Crippen molar-refractivity contribution in [1.29, 1.82) is 0 Å². The molecule has 0 radical (unpaired) electrons. The molecule has 1 aromatic heterocycles. The number of rotatable bonds is 2. The van der Waals surface area contributed by atoms with Gasteiger partial charge in [0.1, 0.15) is 0 Å². The Bertz CT molecular complexity index is 454. The fourth-order valence-electron chi connectivity index (χ4n) is 1.54. The van der Waals surface area contributed by atoms with Gasteiger partial charge in [0.25, 0.3) is 0 Å². The molecule has 5 nitrogen and oxygen atoms in total. The zero-order chi connectivity index (χ0) is 11.1. The van der Waals surface area contributed by atoms with Crippen LogP contribution in [0.15, 0.2) is 17.3 Å². The summed E-state index contributed by atoms with van der Waals surface area (Å²) in [5, 5.41) is 13.3. The Morgan fingerprint density at radius 2 is 2.33 bits per heavy atom. The van der Waals surface area contributed by atoms with Crippen LogP contribution in [-0.4, -0.2) is 46.2 Å². The molecule has 7 heteroatoms. The third-order valence-corrected chi connectivity index (χ3v) is 5.43. The zero-order valence-corrected chi connectivity index (χ0v) is 9.83. The number of aliphatic hydroxyl groups excluding tert-OH is 1. The Labute approximate surface area is 92.4 Å². The molecule has 2 unspecified atom stereocenters. The summed E-state index contributed by atoms with van der Waals surface area (Å²) in [5.74, 6) is -0.0708. The van der Waals surface area contributed by atoms with Crippen LogP contribution >= 0.6 is 11.8 Å². The van der Waals surface area contributed by atoms with Crippen LogP contribution < -0.4 is 0 Å². The number of aromatic nitrogens is 2. The molecule has 0 aromatic carbocycles. The van der Waals surface area contributed by atoms with Crippen LogP contribution in [0.3, 0.4) is 0 Å². The lowest BCUT2D eigenvalue weighted by molar-refractivity contribution is 0.207. The van der Waals surface area contributed by atoms with E-state index in [-0.39, 0.29) is 16.8 Å². The van der Waals surface area contributed by atoms with E-state index < -0.39 is 15.9 Å². The molecular formula is C8H12N2O3S2. The number of thioether (sulfide) groups is 1. The summed E-state index contributed by atoms with van der Waals surface area (Å²) in [5.41, 5.74) is 0. The summed E-state index contributed by atoms with van der Waals surface area (Å²) < 4.78 is 24.2. The maximum Gasteiger partial charge on any atom is 0.154 e. The van der Waals surface area contributed by atoms with Crippen molar-refractivity contribution in [1.82, 2.24) is 9.78 Å². The zero-order valence-electron chi connectivity index (χ0n) is 8.20. The van der Waals surface area contributed by atoms with Crippen molar-refractivity contribution in [3.63, 3.8) is 0 Å². The third kappa shape index (κ3) is 2.53. The van der Waals surface area contributed by atoms with E-state index in [1.165, 1.54) is 11.8 Å². The highest BCUT2D eigenvalue weighted by Gasteiger charge is 2.37. The number of aryl methyl sites for hydroxylation is 1. The first-order chi connectivity index (χ1) is 6.96. The molecule has 2 rings (SSSR count). The Morgan fingerprint density at radius 1 is 1.60 bits per heavy atom. The van der Waals surface area contributed by atoms with Gasteiger partial charge in [-0.2, -0.15) is 5.10 Å². The molecule has 84 valence electrons. The first kappa shape index (κ1) is 11.0. The fraction of sp³-hybridized carbons (Fsp3) is 0.625. The van der Waals surface area contributed by atoms with Gasteiger partial charge in [-0.1, -0.05) is 0 Å². The van der Waals surface area contributed by atoms with E-state index in [1.807, 2.05) is 6.20 Å². The topological polar surface area (TPSA) is 72.2 Å². The minimum Gasteiger partial charge on any atom is -0.391 e. The minimum absolute atomic E-state index is 0.0493. The second kappa shape index (κ2) is 3.80. The largest absolute Gasteiger partial charge is 0.391 e. The summed E-state index contributed by atoms with van der Waals surface area (Å²) in [4.78, 5) is 0.888. The Hall–Kier alpha value is -0.530. The molecule has 0 bridgehead atoms. The van der Waals surface area contributed by atoms with Gasteiger partial charge in [-0.25, -0.2) is 8.42 Å². The number of nitrogens with zero attached hydrogens (tertiary/aromatic N) is 2. The van der Waals surface area contributed by atoms with Crippen LogP contribution in [0.4, 0.5) is 0 Å². The standard InChI is InChI=1S/C8H12N2O3S2/c1-10-3-6(2-9-10)14-8-5-15(12,13)4-7(8)11/h2-3,7-8,11H,4-5H2,1H3. The van der Waals surface area contributed by atoms with Gasteiger partial charge in [0.2, 0.25) is 0 Å². The van der Waals surface area contributed by atoms with Gasteiger partial charge in [-0.05, 0) is 0 Å². The monoisotopic (exact) mass is 248 g/mol. The van der Waals surface area contributed by atoms with Crippen molar-refractivity contribution in [3.05, 3.63) is 12.4 Å². The first-order valence-corrected chi connectivity index (χ1v) is 7.20. The van der Waals surface area contributed by atoms with Crippen LogP contribution in [0.2, 0.25) is 0 Å². The van der Waals surface area contributed by atoms with Crippen molar-refractivity contribution in [2.24, 2.45) is 7.05 Å². The van der Waals surface area contributed by atoms with E-state index in [0.29, 0.717) is 0 Å². The molecule has 1 fully saturated rings. The van der Waals surface area contributed by atoms with Crippen LogP contribution in [-0.2, 0) is 16.9 Å². The predicted octanol–water partition coefficient (Wildman–Crippen LogP) is -0.330. The van der Waals surface area contributed by atoms with E-state index in [1.54, 1.807) is 17.9 Å². The lowest BCUT2D eigenvalue weighted by Gasteiger charge is -2.09. The molecule has 0 saturated carbocycles. The van der Waals surface area contributed by atoms with E-state index in [0.717, 1.165) is 4.90 Å². The minimum atomic E-state index is -3.06. The highest BCUT2D eigenvalue weighted by molar-refractivity contribution is 8.02. The summed E-state index contributed by atoms with van der Waals surface area (Å²) in [6, 6.07) is 0. The highest BCUT2D eigenvalue weighted by atomic mass is 32.2. The Kier molecular flexibility index (Phi) is 2.78. The molecule has 2 atom stereocenters. The molecule has 1 aromatic rings. The van der Waals surface area contributed by atoms with Gasteiger partial charge in [-0.3, -0.25) is 4.68 Å². The molecule has 1 N–H and O–H groups in total. The SMILES string of the molecule is Cn1cc(SC2CS(=O)(=O)CC2O)cn1. The van der Waals surface area contributed by atoms with Crippen LogP contribution in [0.1, 0.15) is 0 Å². The van der Waals surface area contributed by atoms with E-state index in [2.05, 4.69) is 5.10 Å². The van der Waals surface area contributed by atoms with Gasteiger partial charge in [0.15, 0.2) is 9.84 Å². The third-order valence-electron chi connectivity index (χ3n) is 2.24. The summed E-state index contributed by atoms with van der Waals surface area (Å²) >= 11 is 1.37. The normalized spacial score (nSPS) is 29.5. The highest BCUT2D eigenvalue weighted by Crippen LogP contribution is 2.30. The second-order valence-corrected chi connectivity index (χ2v) is 7.12. The van der Waals surface area contributed by atoms with Crippen LogP contribution in [0.5, 0.6) is 0 Å². The molecule has 1 aliphatic rings. The maximum absolute atomic E-state index is 11.3. The molecule has 2 heterocycles. The lowest BCUT2D eigenvalue weighted by Crippen LogP contribution is -2.19. The van der Waals surface area contributed by atoms with Crippen molar-refractivity contribution >= 4 is 21.6 Å². The maximum atomic E-state index is 11.3. The Morgan fingerprint density at radius 3 is 2.80 bits per heavy atom. The van der Waals surface area contributed by atoms with E-state index in [9.17, 15) is 13.5 Å². The van der Waals surface area contributed by atoms with Crippen LogP contribution in [0, 0.1) is 0 Å². The average molecular weight is 248 g/mol. The van der Waals surface area contributed by atoms with Crippen molar-refractivity contribution in [3.8, 4) is 0 Å². The fourth-order valence-corrected chi connectivity index (χ4v) is 5.10. The molecule has 1 saturated heterocycles. The van der Waals surface area contributed by atoms with Gasteiger partial charge < -0.3 is 5.11 Å². The van der Waals surface area contributed by atoms with Gasteiger partial charge in [-0.15, -0.1) is 11.8 Å². The van der Waals surface area contributed by atoms with Gasteiger partial charge in [0.05, 0.1) is 29.1 Å². The van der Waals surface area contributed by atoms with Gasteiger partial charge >= 0.3 is 0 Å². The lowest BCUT2D eigenvalue weighted by atomic mass is 10.3. The first-order valence-electron chi connectivity index (χ1n) is 4.50. The number of hydrogen-bond acceptors (Lipinski definition) is 5. The molecular weight excluding hydrogens is 236 g/mol. The number of hydrogen-bond donors (Lipinski definition) is 1. The molecule has 0 aliphatic carbocycles. The molecule has 15 heavy (non-hydrogen) atoms. The molecule has 0 spiro atoms. The summed E-state index contributed by atoms with van der Waals surface area (Å²) in [7, 11) is -1.26. The molecule has 1 aliphatic heterocycles. The van der Waals surface area contributed by atoms with Crippen LogP contribution in [0.25, 0.3) is 0 Å². The summed E-state index contributed by atoms with van der Waals surface area (Å²) in [6.45, 7) is 0. The van der Waals surface area contributed by atoms with Crippen molar-refractivity contribution < 1.29 is 13.5 Å². The molecule has 0 amide bonds. The quantitative estimate of drug-likeness (QED) is 0.776. The van der Waals surface area contributed by atoms with Gasteiger partial charge in [0, 0.05) is 18.1 Å². The van der Waals surface area contributed by atoms with E-state index in [4.69, 9.17) is 0 Å². The summed E-state index contributed by atoms with van der Waals surface area (Å²) in [6.07, 6.45) is 2.71. The second-order valence-electron chi connectivity index (χ2n) is 3.65. The van der Waals surface area contributed by atoms with Crippen molar-refractivity contribution in [2.75, 3.05) is 11.5 Å². The number of sulfone groups is 1. The number of aliphatic hydroxyl groups is 1. The predicted molar refractivity (Wildman–Crippen MR) is 57.5 cm³/mol. The van der Waals surface area contributed by atoms with Crippen molar-refractivity contribution in [2.45, 2.75) is 16.2 Å². The Balaban J connectivity index is 2.08.